The molecule has 0 amide bonds. The molecular weight excluding hydrogens is 219 g/mol. The Morgan fingerprint density at radius 2 is 1.94 bits per heavy atom. The van der Waals surface area contributed by atoms with Gasteiger partial charge in [0.2, 0.25) is 0 Å². The van der Waals surface area contributed by atoms with Gasteiger partial charge in [0.1, 0.15) is 6.17 Å². The molecule has 3 heteroatoms. The number of aliphatic hydroxyl groups excluding tert-OH is 2. The lowest BCUT2D eigenvalue weighted by Crippen LogP contribution is -2.04. The van der Waals surface area contributed by atoms with E-state index in [1.165, 1.54) is 0 Å². The summed E-state index contributed by atoms with van der Waals surface area (Å²) in [5.74, 6) is 0.317. The molecule has 0 radical (unpaired) electrons. The molecular formula is C14H25FO2. The van der Waals surface area contributed by atoms with Crippen molar-refractivity contribution in [2.45, 2.75) is 70.2 Å². The number of rotatable bonds is 7. The molecule has 1 fully saturated rings. The van der Waals surface area contributed by atoms with Crippen LogP contribution >= 0.6 is 0 Å². The standard InChI is InChI=1S/C14H25FO2/c1-11(16)4-2-3-5-14(17)9-7-12-6-8-13(15)10-12/h7,9,11-14,16-17H,2-6,8,10H2,1H3/b9-7+/t11-,12+,13+,14?/m0/s1. The summed E-state index contributed by atoms with van der Waals surface area (Å²) >= 11 is 0. The second-order valence-corrected chi connectivity index (χ2v) is 5.26. The zero-order valence-electron chi connectivity index (χ0n) is 10.7. The first-order valence-electron chi connectivity index (χ1n) is 6.76. The van der Waals surface area contributed by atoms with Crippen LogP contribution in [0, 0.1) is 5.92 Å². The Hall–Kier alpha value is -0.410. The number of halogens is 1. The molecule has 2 N–H and O–H groups in total. The molecule has 1 aliphatic rings. The first-order valence-corrected chi connectivity index (χ1v) is 6.76. The molecule has 1 rings (SSSR count). The number of hydrogen-bond acceptors (Lipinski definition) is 2. The van der Waals surface area contributed by atoms with Crippen molar-refractivity contribution in [3.8, 4) is 0 Å². The normalized spacial score (nSPS) is 28.7. The van der Waals surface area contributed by atoms with Gasteiger partial charge >= 0.3 is 0 Å². The zero-order valence-corrected chi connectivity index (χ0v) is 10.7. The molecule has 4 atom stereocenters. The van der Waals surface area contributed by atoms with E-state index in [1.807, 2.05) is 12.2 Å². The van der Waals surface area contributed by atoms with Gasteiger partial charge in [-0.3, -0.25) is 0 Å². The predicted octanol–water partition coefficient (Wildman–Crippen LogP) is 2.98. The van der Waals surface area contributed by atoms with Gasteiger partial charge < -0.3 is 10.2 Å². The summed E-state index contributed by atoms with van der Waals surface area (Å²) in [5.41, 5.74) is 0. The van der Waals surface area contributed by atoms with Crippen LogP contribution in [0.25, 0.3) is 0 Å². The van der Waals surface area contributed by atoms with Gasteiger partial charge in [0.05, 0.1) is 12.2 Å². The summed E-state index contributed by atoms with van der Waals surface area (Å²) in [5, 5.41) is 18.8. The maximum Gasteiger partial charge on any atom is 0.101 e. The van der Waals surface area contributed by atoms with Gasteiger partial charge in [-0.25, -0.2) is 4.39 Å². The Bertz CT molecular complexity index is 228. The molecule has 2 nitrogen and oxygen atoms in total. The lowest BCUT2D eigenvalue weighted by Gasteiger charge is -2.08. The van der Waals surface area contributed by atoms with Gasteiger partial charge in [-0.1, -0.05) is 25.0 Å². The van der Waals surface area contributed by atoms with Gasteiger partial charge in [0.25, 0.3) is 0 Å². The maximum absolute atomic E-state index is 12.9. The molecule has 0 aliphatic heterocycles. The average molecular weight is 244 g/mol. The zero-order chi connectivity index (χ0) is 12.7. The maximum atomic E-state index is 12.9. The Kier molecular flexibility index (Phi) is 6.75. The summed E-state index contributed by atoms with van der Waals surface area (Å²) in [4.78, 5) is 0. The summed E-state index contributed by atoms with van der Waals surface area (Å²) in [6.07, 6.45) is 8.06. The topological polar surface area (TPSA) is 40.5 Å². The van der Waals surface area contributed by atoms with E-state index in [1.54, 1.807) is 6.92 Å². The third kappa shape index (κ3) is 6.79. The van der Waals surface area contributed by atoms with Gasteiger partial charge in [-0.05, 0) is 44.9 Å². The highest BCUT2D eigenvalue weighted by atomic mass is 19.1. The van der Waals surface area contributed by atoms with E-state index in [9.17, 15) is 9.50 Å². The average Bonchev–Trinajstić information content (AvgIpc) is 2.67. The van der Waals surface area contributed by atoms with Crippen LogP contribution in [-0.2, 0) is 0 Å². The van der Waals surface area contributed by atoms with Crippen molar-refractivity contribution in [3.05, 3.63) is 12.2 Å². The van der Waals surface area contributed by atoms with Crippen molar-refractivity contribution in [2.75, 3.05) is 0 Å². The largest absolute Gasteiger partial charge is 0.393 e. The van der Waals surface area contributed by atoms with Crippen molar-refractivity contribution >= 4 is 0 Å². The van der Waals surface area contributed by atoms with Gasteiger partial charge in [0.15, 0.2) is 0 Å². The minimum Gasteiger partial charge on any atom is -0.393 e. The first kappa shape index (κ1) is 14.7. The highest BCUT2D eigenvalue weighted by Crippen LogP contribution is 2.28. The highest BCUT2D eigenvalue weighted by molar-refractivity contribution is 4.96. The second-order valence-electron chi connectivity index (χ2n) is 5.26. The van der Waals surface area contributed by atoms with Gasteiger partial charge in [-0.2, -0.15) is 0 Å². The second kappa shape index (κ2) is 7.83. The van der Waals surface area contributed by atoms with Gasteiger partial charge in [0, 0.05) is 0 Å². The summed E-state index contributed by atoms with van der Waals surface area (Å²) in [6, 6.07) is 0. The van der Waals surface area contributed by atoms with E-state index in [2.05, 4.69) is 0 Å². The van der Waals surface area contributed by atoms with E-state index < -0.39 is 12.3 Å². The van der Waals surface area contributed by atoms with E-state index in [-0.39, 0.29) is 6.10 Å². The predicted molar refractivity (Wildman–Crippen MR) is 67.5 cm³/mol. The van der Waals surface area contributed by atoms with Crippen LogP contribution in [0.4, 0.5) is 4.39 Å². The summed E-state index contributed by atoms with van der Waals surface area (Å²) in [6.45, 7) is 1.78. The Morgan fingerprint density at radius 3 is 2.53 bits per heavy atom. The van der Waals surface area contributed by atoms with Crippen LogP contribution in [0.2, 0.25) is 0 Å². The fourth-order valence-corrected chi connectivity index (χ4v) is 2.31. The molecule has 1 aliphatic carbocycles. The van der Waals surface area contributed by atoms with Crippen molar-refractivity contribution in [2.24, 2.45) is 5.92 Å². The SMILES string of the molecule is C[C@H](O)CCCCC(O)/C=C/[C@H]1CC[C@@H](F)C1. The van der Waals surface area contributed by atoms with Crippen LogP contribution in [0.15, 0.2) is 12.2 Å². The van der Waals surface area contributed by atoms with Crippen molar-refractivity contribution < 1.29 is 14.6 Å². The fraction of sp³-hybridized carbons (Fsp3) is 0.857. The monoisotopic (exact) mass is 244 g/mol. The van der Waals surface area contributed by atoms with E-state index in [0.29, 0.717) is 18.8 Å². The Morgan fingerprint density at radius 1 is 1.24 bits per heavy atom. The molecule has 0 aromatic carbocycles. The van der Waals surface area contributed by atoms with Gasteiger partial charge in [-0.15, -0.1) is 0 Å². The molecule has 0 aromatic rings. The molecule has 1 unspecified atom stereocenters. The number of aliphatic hydroxyl groups is 2. The molecule has 0 heterocycles. The van der Waals surface area contributed by atoms with Crippen LogP contribution in [0.1, 0.15) is 51.9 Å². The van der Waals surface area contributed by atoms with E-state index >= 15 is 0 Å². The van der Waals surface area contributed by atoms with Crippen molar-refractivity contribution in [1.82, 2.24) is 0 Å². The summed E-state index contributed by atoms with van der Waals surface area (Å²) < 4.78 is 12.9. The van der Waals surface area contributed by atoms with Crippen LogP contribution in [-0.4, -0.2) is 28.6 Å². The smallest absolute Gasteiger partial charge is 0.101 e. The van der Waals surface area contributed by atoms with Crippen LogP contribution in [0.5, 0.6) is 0 Å². The Labute approximate surface area is 104 Å². The summed E-state index contributed by atoms with van der Waals surface area (Å²) in [7, 11) is 0. The third-order valence-corrected chi connectivity index (χ3v) is 3.39. The first-order chi connectivity index (χ1) is 8.08. The molecule has 0 spiro atoms. The number of allylic oxidation sites excluding steroid dienone is 1. The molecule has 17 heavy (non-hydrogen) atoms. The number of alkyl halides is 1. The third-order valence-electron chi connectivity index (χ3n) is 3.39. The molecule has 0 bridgehead atoms. The minimum atomic E-state index is -0.646. The van der Waals surface area contributed by atoms with Crippen LogP contribution < -0.4 is 0 Å². The Balaban J connectivity index is 2.07. The molecule has 100 valence electrons. The number of unbranched alkanes of at least 4 members (excludes halogenated alkanes) is 1. The lowest BCUT2D eigenvalue weighted by molar-refractivity contribution is 0.172. The highest BCUT2D eigenvalue weighted by Gasteiger charge is 2.21. The fourth-order valence-electron chi connectivity index (χ4n) is 2.31. The minimum absolute atomic E-state index is 0.248. The molecule has 1 saturated carbocycles. The quantitative estimate of drug-likeness (QED) is 0.534. The molecule has 0 saturated heterocycles. The van der Waals surface area contributed by atoms with E-state index in [0.717, 1.165) is 32.1 Å². The van der Waals surface area contributed by atoms with Crippen molar-refractivity contribution in [3.63, 3.8) is 0 Å². The van der Waals surface area contributed by atoms with Crippen LogP contribution in [0.3, 0.4) is 0 Å². The number of hydrogen-bond donors (Lipinski definition) is 2. The lowest BCUT2D eigenvalue weighted by atomic mass is 10.0. The molecule has 0 aromatic heterocycles. The van der Waals surface area contributed by atoms with Crippen molar-refractivity contribution in [1.29, 1.82) is 0 Å². The van der Waals surface area contributed by atoms with E-state index in [4.69, 9.17) is 5.11 Å².